The van der Waals surface area contributed by atoms with E-state index in [1.165, 1.54) is 0 Å². The molecule has 1 amide bonds. The van der Waals surface area contributed by atoms with E-state index in [1.807, 2.05) is 91.9 Å². The smallest absolute Gasteiger partial charge is 0.259 e. The Morgan fingerprint density at radius 3 is 2.37 bits per heavy atom. The average Bonchev–Trinajstić information content (AvgIpc) is 2.80. The van der Waals surface area contributed by atoms with E-state index in [-0.39, 0.29) is 11.8 Å². The van der Waals surface area contributed by atoms with Gasteiger partial charge in [-0.2, -0.15) is 5.26 Å². The van der Waals surface area contributed by atoms with Crippen molar-refractivity contribution in [2.45, 2.75) is 31.7 Å². The number of hydrogen-bond donors (Lipinski definition) is 0. The molecule has 0 spiro atoms. The summed E-state index contributed by atoms with van der Waals surface area (Å²) in [5.41, 5.74) is 3.27. The Morgan fingerprint density at radius 1 is 1.00 bits per heavy atom. The van der Waals surface area contributed by atoms with E-state index in [4.69, 9.17) is 0 Å². The molecule has 4 rings (SSSR count). The minimum Gasteiger partial charge on any atom is -0.291 e. The number of amides is 1. The van der Waals surface area contributed by atoms with E-state index >= 15 is 0 Å². The third kappa shape index (κ3) is 3.02. The van der Waals surface area contributed by atoms with Crippen LogP contribution in [0.5, 0.6) is 0 Å². The van der Waals surface area contributed by atoms with Crippen molar-refractivity contribution < 1.29 is 4.79 Å². The van der Waals surface area contributed by atoms with Gasteiger partial charge in [-0.05, 0) is 42.2 Å². The van der Waals surface area contributed by atoms with Crippen LogP contribution in [0.3, 0.4) is 0 Å². The molecule has 0 bridgehead atoms. The number of rotatable bonds is 4. The van der Waals surface area contributed by atoms with E-state index in [9.17, 15) is 10.1 Å². The molecule has 0 aromatic heterocycles. The van der Waals surface area contributed by atoms with Gasteiger partial charge in [0.1, 0.15) is 0 Å². The number of carbonyl (C=O) groups is 1. The van der Waals surface area contributed by atoms with Crippen LogP contribution in [-0.2, 0) is 5.54 Å². The maximum Gasteiger partial charge on any atom is 0.259 e. The van der Waals surface area contributed by atoms with Crippen LogP contribution in [0.15, 0.2) is 85.1 Å². The SMILES string of the molecule is CCC(c1ccccc1)C1(C#N)c2ccccc2C=CN1C(=O)c1ccccc1C. The van der Waals surface area contributed by atoms with E-state index in [2.05, 4.69) is 13.0 Å². The molecule has 148 valence electrons. The second kappa shape index (κ2) is 8.00. The summed E-state index contributed by atoms with van der Waals surface area (Å²) in [4.78, 5) is 15.4. The molecule has 0 saturated heterocycles. The Kier molecular flexibility index (Phi) is 5.25. The zero-order valence-electron chi connectivity index (χ0n) is 17.2. The summed E-state index contributed by atoms with van der Waals surface area (Å²) in [6.45, 7) is 4.01. The molecule has 0 aliphatic carbocycles. The molecule has 1 heterocycles. The van der Waals surface area contributed by atoms with Gasteiger partial charge in [0.05, 0.1) is 6.07 Å². The number of carbonyl (C=O) groups excluding carboxylic acids is 1. The van der Waals surface area contributed by atoms with Gasteiger partial charge in [-0.25, -0.2) is 0 Å². The number of nitriles is 1. The lowest BCUT2D eigenvalue weighted by Crippen LogP contribution is -2.51. The highest BCUT2D eigenvalue weighted by Crippen LogP contribution is 2.48. The summed E-state index contributed by atoms with van der Waals surface area (Å²) in [5, 5.41) is 10.7. The van der Waals surface area contributed by atoms with Gasteiger partial charge in [-0.15, -0.1) is 0 Å². The van der Waals surface area contributed by atoms with Crippen LogP contribution in [0, 0.1) is 18.3 Å². The predicted molar refractivity (Wildman–Crippen MR) is 120 cm³/mol. The zero-order chi connectivity index (χ0) is 21.1. The Labute approximate surface area is 177 Å². The highest BCUT2D eigenvalue weighted by atomic mass is 16.2. The number of aryl methyl sites for hydroxylation is 1. The third-order valence-electron chi connectivity index (χ3n) is 6.03. The van der Waals surface area contributed by atoms with Crippen LogP contribution in [0.25, 0.3) is 6.08 Å². The van der Waals surface area contributed by atoms with E-state index in [0.29, 0.717) is 5.56 Å². The Morgan fingerprint density at radius 2 is 1.67 bits per heavy atom. The Balaban J connectivity index is 1.97. The summed E-state index contributed by atoms with van der Waals surface area (Å²) in [6.07, 6.45) is 4.43. The predicted octanol–water partition coefficient (Wildman–Crippen LogP) is 6.03. The first-order chi connectivity index (χ1) is 14.6. The van der Waals surface area contributed by atoms with Gasteiger partial charge in [0, 0.05) is 23.2 Å². The Hall–Kier alpha value is -3.64. The van der Waals surface area contributed by atoms with Crippen molar-refractivity contribution in [1.82, 2.24) is 4.90 Å². The molecule has 3 heteroatoms. The lowest BCUT2D eigenvalue weighted by molar-refractivity contribution is 0.0652. The second-order valence-electron chi connectivity index (χ2n) is 7.64. The normalized spacial score (nSPS) is 18.4. The molecule has 1 aliphatic heterocycles. The van der Waals surface area contributed by atoms with Gasteiger partial charge in [0.15, 0.2) is 5.54 Å². The first kappa shape index (κ1) is 19.7. The van der Waals surface area contributed by atoms with Crippen molar-refractivity contribution in [1.29, 1.82) is 5.26 Å². The number of fused-ring (bicyclic) bond motifs is 1. The maximum absolute atomic E-state index is 13.8. The number of benzene rings is 3. The molecule has 3 aromatic rings. The van der Waals surface area contributed by atoms with Gasteiger partial charge in [-0.3, -0.25) is 9.69 Å². The van der Waals surface area contributed by atoms with Gasteiger partial charge < -0.3 is 0 Å². The highest BCUT2D eigenvalue weighted by molar-refractivity contribution is 5.98. The molecule has 0 N–H and O–H groups in total. The largest absolute Gasteiger partial charge is 0.291 e. The Bertz CT molecular complexity index is 1140. The number of nitrogens with zero attached hydrogens (tertiary/aromatic N) is 2. The molecule has 0 radical (unpaired) electrons. The summed E-state index contributed by atoms with van der Waals surface area (Å²) < 4.78 is 0. The fourth-order valence-corrected chi connectivity index (χ4v) is 4.57. The third-order valence-corrected chi connectivity index (χ3v) is 6.03. The monoisotopic (exact) mass is 392 g/mol. The highest BCUT2D eigenvalue weighted by Gasteiger charge is 2.50. The van der Waals surface area contributed by atoms with Crippen LogP contribution in [0.4, 0.5) is 0 Å². The topological polar surface area (TPSA) is 44.1 Å². The molecular weight excluding hydrogens is 368 g/mol. The van der Waals surface area contributed by atoms with Crippen LogP contribution in [0.1, 0.15) is 51.9 Å². The molecule has 30 heavy (non-hydrogen) atoms. The molecular formula is C27H24N2O. The van der Waals surface area contributed by atoms with Crippen LogP contribution in [0.2, 0.25) is 0 Å². The minimum absolute atomic E-state index is 0.158. The van der Waals surface area contributed by atoms with E-state index in [1.54, 1.807) is 11.1 Å². The van der Waals surface area contributed by atoms with Crippen molar-refractivity contribution in [3.05, 3.63) is 113 Å². The molecule has 2 atom stereocenters. The van der Waals surface area contributed by atoms with Crippen molar-refractivity contribution in [2.24, 2.45) is 0 Å². The first-order valence-corrected chi connectivity index (χ1v) is 10.3. The lowest BCUT2D eigenvalue weighted by Gasteiger charge is -2.45. The zero-order valence-corrected chi connectivity index (χ0v) is 17.2. The van der Waals surface area contributed by atoms with Crippen LogP contribution < -0.4 is 0 Å². The van der Waals surface area contributed by atoms with E-state index < -0.39 is 5.54 Å². The maximum atomic E-state index is 13.8. The molecule has 2 unspecified atom stereocenters. The van der Waals surface area contributed by atoms with Crippen molar-refractivity contribution >= 4 is 12.0 Å². The summed E-state index contributed by atoms with van der Waals surface area (Å²) in [5.74, 6) is -0.336. The first-order valence-electron chi connectivity index (χ1n) is 10.3. The van der Waals surface area contributed by atoms with Gasteiger partial charge >= 0.3 is 0 Å². The molecule has 0 saturated carbocycles. The molecule has 1 aliphatic rings. The van der Waals surface area contributed by atoms with Crippen LogP contribution in [-0.4, -0.2) is 10.8 Å². The van der Waals surface area contributed by atoms with Crippen molar-refractivity contribution in [3.8, 4) is 6.07 Å². The number of hydrogen-bond acceptors (Lipinski definition) is 2. The van der Waals surface area contributed by atoms with Gasteiger partial charge in [-0.1, -0.05) is 79.7 Å². The minimum atomic E-state index is -1.14. The molecule has 0 fully saturated rings. The summed E-state index contributed by atoms with van der Waals surface area (Å²) in [6, 6.07) is 28.1. The lowest BCUT2D eigenvalue weighted by atomic mass is 9.70. The molecule has 3 nitrogen and oxygen atoms in total. The van der Waals surface area contributed by atoms with Crippen molar-refractivity contribution in [2.75, 3.05) is 0 Å². The van der Waals surface area contributed by atoms with Gasteiger partial charge in [0.2, 0.25) is 0 Å². The van der Waals surface area contributed by atoms with Crippen LogP contribution >= 0.6 is 0 Å². The van der Waals surface area contributed by atoms with Gasteiger partial charge in [0.25, 0.3) is 5.91 Å². The summed E-state index contributed by atoms with van der Waals surface area (Å²) >= 11 is 0. The molecule has 3 aromatic carbocycles. The summed E-state index contributed by atoms with van der Waals surface area (Å²) in [7, 11) is 0. The fourth-order valence-electron chi connectivity index (χ4n) is 4.57. The standard InChI is InChI=1S/C27H24N2O/c1-3-24(21-12-5-4-6-13-21)27(19-28)25-16-10-8-14-22(25)17-18-29(27)26(30)23-15-9-7-11-20(23)2/h4-18,24H,3H2,1-2H3. The van der Waals surface area contributed by atoms with E-state index in [0.717, 1.165) is 28.7 Å². The van der Waals surface area contributed by atoms with Crippen molar-refractivity contribution in [3.63, 3.8) is 0 Å². The average molecular weight is 393 g/mol. The second-order valence-corrected chi connectivity index (χ2v) is 7.64. The fraction of sp³-hybridized carbons (Fsp3) is 0.185. The quantitative estimate of drug-likeness (QED) is 0.544.